The maximum atomic E-state index is 12.4. The molecule has 0 aromatic heterocycles. The van der Waals surface area contributed by atoms with Gasteiger partial charge in [0.1, 0.15) is 0 Å². The molecule has 0 saturated heterocycles. The van der Waals surface area contributed by atoms with E-state index in [1.54, 1.807) is 19.1 Å². The maximum absolute atomic E-state index is 12.4. The van der Waals surface area contributed by atoms with E-state index in [4.69, 9.17) is 5.73 Å². The molecule has 0 aliphatic heterocycles. The van der Waals surface area contributed by atoms with Gasteiger partial charge in [-0.25, -0.2) is 12.7 Å². The van der Waals surface area contributed by atoms with Crippen molar-refractivity contribution >= 4 is 21.6 Å². The molecule has 1 aliphatic carbocycles. The fourth-order valence-electron chi connectivity index (χ4n) is 2.86. The summed E-state index contributed by atoms with van der Waals surface area (Å²) < 4.78 is 25.8. The van der Waals surface area contributed by atoms with Crippen LogP contribution in [0, 0.1) is 12.8 Å². The summed E-state index contributed by atoms with van der Waals surface area (Å²) in [6.45, 7) is 1.74. The summed E-state index contributed by atoms with van der Waals surface area (Å²) in [6, 6.07) is 5.02. The summed E-state index contributed by atoms with van der Waals surface area (Å²) in [7, 11) is -0.558. The summed E-state index contributed by atoms with van der Waals surface area (Å²) in [6.07, 6.45) is 3.42. The van der Waals surface area contributed by atoms with Crippen LogP contribution in [-0.2, 0) is 14.8 Å². The lowest BCUT2D eigenvalue weighted by Gasteiger charge is -2.25. The summed E-state index contributed by atoms with van der Waals surface area (Å²) in [5, 5.41) is 2.83. The molecule has 2 atom stereocenters. The number of nitrogens with zero attached hydrogens (tertiary/aromatic N) is 1. The SMILES string of the molecule is Cc1ccc(NC(=O)C2CCCC(N)C2)cc1S(=O)(=O)N(C)C. The topological polar surface area (TPSA) is 92.5 Å². The summed E-state index contributed by atoms with van der Waals surface area (Å²) in [4.78, 5) is 12.6. The number of nitrogens with one attached hydrogen (secondary N) is 1. The van der Waals surface area contributed by atoms with Gasteiger partial charge in [0, 0.05) is 31.7 Å². The van der Waals surface area contributed by atoms with Crippen molar-refractivity contribution in [3.63, 3.8) is 0 Å². The van der Waals surface area contributed by atoms with Crippen molar-refractivity contribution in [2.45, 2.75) is 43.5 Å². The monoisotopic (exact) mass is 339 g/mol. The Hall–Kier alpha value is -1.44. The number of carbonyl (C=O) groups is 1. The fraction of sp³-hybridized carbons (Fsp3) is 0.562. The fourth-order valence-corrected chi connectivity index (χ4v) is 4.01. The van der Waals surface area contributed by atoms with E-state index in [2.05, 4.69) is 5.32 Å². The normalized spacial score (nSPS) is 22.1. The van der Waals surface area contributed by atoms with Gasteiger partial charge in [-0.2, -0.15) is 0 Å². The van der Waals surface area contributed by atoms with E-state index in [1.807, 2.05) is 0 Å². The van der Waals surface area contributed by atoms with Gasteiger partial charge in [-0.05, 0) is 43.9 Å². The average molecular weight is 339 g/mol. The molecule has 2 unspecified atom stereocenters. The molecule has 128 valence electrons. The molecule has 1 saturated carbocycles. The molecule has 0 spiro atoms. The van der Waals surface area contributed by atoms with E-state index in [-0.39, 0.29) is 22.8 Å². The lowest BCUT2D eigenvalue weighted by atomic mass is 9.85. The second-order valence-electron chi connectivity index (χ2n) is 6.38. The zero-order chi connectivity index (χ0) is 17.2. The highest BCUT2D eigenvalue weighted by molar-refractivity contribution is 7.89. The molecule has 1 amide bonds. The van der Waals surface area contributed by atoms with Crippen LogP contribution >= 0.6 is 0 Å². The Balaban J connectivity index is 2.20. The third-order valence-electron chi connectivity index (χ3n) is 4.30. The average Bonchev–Trinajstić information content (AvgIpc) is 2.48. The predicted molar refractivity (Wildman–Crippen MR) is 90.6 cm³/mol. The van der Waals surface area contributed by atoms with Gasteiger partial charge < -0.3 is 11.1 Å². The van der Waals surface area contributed by atoms with E-state index in [0.29, 0.717) is 17.7 Å². The number of sulfonamides is 1. The Morgan fingerprint density at radius 3 is 2.61 bits per heavy atom. The zero-order valence-electron chi connectivity index (χ0n) is 13.9. The Labute approximate surface area is 138 Å². The van der Waals surface area contributed by atoms with Gasteiger partial charge in [-0.15, -0.1) is 0 Å². The predicted octanol–water partition coefficient (Wildman–Crippen LogP) is 1.70. The number of aryl methyl sites for hydroxylation is 1. The molecular formula is C16H25N3O3S. The molecule has 1 fully saturated rings. The van der Waals surface area contributed by atoms with Crippen molar-refractivity contribution in [1.29, 1.82) is 0 Å². The Morgan fingerprint density at radius 1 is 1.30 bits per heavy atom. The first-order valence-electron chi connectivity index (χ1n) is 7.81. The number of hydrogen-bond donors (Lipinski definition) is 2. The van der Waals surface area contributed by atoms with E-state index >= 15 is 0 Å². The van der Waals surface area contributed by atoms with Crippen molar-refractivity contribution in [2.24, 2.45) is 11.7 Å². The van der Waals surface area contributed by atoms with Crippen molar-refractivity contribution in [3.8, 4) is 0 Å². The van der Waals surface area contributed by atoms with Gasteiger partial charge in [-0.1, -0.05) is 12.5 Å². The highest BCUT2D eigenvalue weighted by Crippen LogP contribution is 2.26. The number of nitrogens with two attached hydrogens (primary N) is 1. The minimum absolute atomic E-state index is 0.0715. The minimum Gasteiger partial charge on any atom is -0.328 e. The lowest BCUT2D eigenvalue weighted by molar-refractivity contribution is -0.120. The molecule has 2 rings (SSSR count). The highest BCUT2D eigenvalue weighted by Gasteiger charge is 2.26. The van der Waals surface area contributed by atoms with Crippen molar-refractivity contribution < 1.29 is 13.2 Å². The van der Waals surface area contributed by atoms with Crippen molar-refractivity contribution in [1.82, 2.24) is 4.31 Å². The number of hydrogen-bond acceptors (Lipinski definition) is 4. The van der Waals surface area contributed by atoms with Gasteiger partial charge in [-0.3, -0.25) is 4.79 Å². The van der Waals surface area contributed by atoms with Gasteiger partial charge in [0.2, 0.25) is 15.9 Å². The summed E-state index contributed by atoms with van der Waals surface area (Å²) >= 11 is 0. The maximum Gasteiger partial charge on any atom is 0.242 e. The molecule has 1 aromatic rings. The molecule has 7 heteroatoms. The van der Waals surface area contributed by atoms with Gasteiger partial charge in [0.25, 0.3) is 0 Å². The molecule has 1 aliphatic rings. The molecule has 0 heterocycles. The Morgan fingerprint density at radius 2 is 2.00 bits per heavy atom. The third kappa shape index (κ3) is 4.10. The first-order valence-corrected chi connectivity index (χ1v) is 9.25. The summed E-state index contributed by atoms with van der Waals surface area (Å²) in [5.41, 5.74) is 7.08. The Kier molecular flexibility index (Phi) is 5.44. The van der Waals surface area contributed by atoms with E-state index in [0.717, 1.165) is 19.3 Å². The van der Waals surface area contributed by atoms with Crippen LogP contribution in [-0.4, -0.2) is 38.8 Å². The highest BCUT2D eigenvalue weighted by atomic mass is 32.2. The molecule has 0 bridgehead atoms. The smallest absolute Gasteiger partial charge is 0.242 e. The largest absolute Gasteiger partial charge is 0.328 e. The molecule has 1 aromatic carbocycles. The van der Waals surface area contributed by atoms with Crippen molar-refractivity contribution in [3.05, 3.63) is 23.8 Å². The second kappa shape index (κ2) is 6.98. The minimum atomic E-state index is -3.54. The van der Waals surface area contributed by atoms with Crippen LogP contribution in [0.3, 0.4) is 0 Å². The van der Waals surface area contributed by atoms with E-state index in [1.165, 1.54) is 24.5 Å². The van der Waals surface area contributed by atoms with Crippen LogP contribution in [0.25, 0.3) is 0 Å². The van der Waals surface area contributed by atoms with E-state index in [9.17, 15) is 13.2 Å². The molecule has 23 heavy (non-hydrogen) atoms. The first kappa shape index (κ1) is 17.9. The van der Waals surface area contributed by atoms with Gasteiger partial charge in [0.15, 0.2) is 0 Å². The van der Waals surface area contributed by atoms with Gasteiger partial charge >= 0.3 is 0 Å². The standard InChI is InChI=1S/C16H25N3O3S/c1-11-7-8-14(10-15(11)23(21,22)19(2)3)18-16(20)12-5-4-6-13(17)9-12/h7-8,10,12-13H,4-6,9,17H2,1-3H3,(H,18,20). The van der Waals surface area contributed by atoms with Crippen LogP contribution in [0.4, 0.5) is 5.69 Å². The molecular weight excluding hydrogens is 314 g/mol. The van der Waals surface area contributed by atoms with Crippen LogP contribution in [0.15, 0.2) is 23.1 Å². The quantitative estimate of drug-likeness (QED) is 0.873. The van der Waals surface area contributed by atoms with Crippen LogP contribution < -0.4 is 11.1 Å². The number of amides is 1. The zero-order valence-corrected chi connectivity index (χ0v) is 14.7. The first-order chi connectivity index (χ1) is 10.7. The Bertz CT molecular complexity index is 686. The lowest BCUT2D eigenvalue weighted by Crippen LogP contribution is -2.34. The number of benzene rings is 1. The molecule has 3 N–H and O–H groups in total. The third-order valence-corrected chi connectivity index (χ3v) is 6.26. The summed E-state index contributed by atoms with van der Waals surface area (Å²) in [5.74, 6) is -0.189. The number of rotatable bonds is 4. The van der Waals surface area contributed by atoms with Crippen LogP contribution in [0.2, 0.25) is 0 Å². The van der Waals surface area contributed by atoms with Crippen molar-refractivity contribution in [2.75, 3.05) is 19.4 Å². The number of carbonyl (C=O) groups excluding carboxylic acids is 1. The molecule has 0 radical (unpaired) electrons. The van der Waals surface area contributed by atoms with Gasteiger partial charge in [0.05, 0.1) is 4.90 Å². The molecule has 6 nitrogen and oxygen atoms in total. The van der Waals surface area contributed by atoms with Crippen LogP contribution in [0.1, 0.15) is 31.2 Å². The van der Waals surface area contributed by atoms with E-state index < -0.39 is 10.0 Å². The van der Waals surface area contributed by atoms with Crippen LogP contribution in [0.5, 0.6) is 0 Å². The second-order valence-corrected chi connectivity index (χ2v) is 8.50. The number of anilines is 1.